The van der Waals surface area contributed by atoms with Gasteiger partial charge in [0.15, 0.2) is 0 Å². The normalized spacial score (nSPS) is 15.9. The molecule has 1 aromatic heterocycles. The van der Waals surface area contributed by atoms with Gasteiger partial charge < -0.3 is 10.2 Å². The number of unbranched alkanes of at least 4 members (excludes halogenated alkanes) is 1. The van der Waals surface area contributed by atoms with Gasteiger partial charge in [-0.05, 0) is 31.7 Å². The van der Waals surface area contributed by atoms with Gasteiger partial charge in [0.2, 0.25) is 5.95 Å². The minimum atomic E-state index is 0.765. The first-order valence-electron chi connectivity index (χ1n) is 6.72. The Morgan fingerprint density at radius 3 is 2.88 bits per heavy atom. The molecule has 1 aliphatic rings. The summed E-state index contributed by atoms with van der Waals surface area (Å²) in [5.41, 5.74) is 0. The fraction of sp³-hybridized carbons (Fsp3) is 0.692. The molecule has 0 aromatic carbocycles. The van der Waals surface area contributed by atoms with Gasteiger partial charge in [-0.2, -0.15) is 4.98 Å². The van der Waals surface area contributed by atoms with Gasteiger partial charge in [0.05, 0.1) is 0 Å². The van der Waals surface area contributed by atoms with Crippen molar-refractivity contribution in [2.24, 2.45) is 0 Å². The van der Waals surface area contributed by atoms with E-state index in [1.165, 1.54) is 25.7 Å². The van der Waals surface area contributed by atoms with E-state index in [0.717, 1.165) is 37.8 Å². The van der Waals surface area contributed by atoms with Gasteiger partial charge in [0.1, 0.15) is 5.82 Å². The maximum atomic E-state index is 4.57. The molecule has 0 bridgehead atoms. The van der Waals surface area contributed by atoms with Gasteiger partial charge >= 0.3 is 0 Å². The van der Waals surface area contributed by atoms with Crippen molar-refractivity contribution in [3.63, 3.8) is 0 Å². The van der Waals surface area contributed by atoms with Crippen LogP contribution in [0.3, 0.4) is 0 Å². The molecule has 1 saturated heterocycles. The first kappa shape index (κ1) is 12.1. The summed E-state index contributed by atoms with van der Waals surface area (Å²) in [6.07, 6.45) is 8.12. The molecule has 1 aromatic rings. The summed E-state index contributed by atoms with van der Waals surface area (Å²) in [6, 6.07) is 2.01. The second-order valence-corrected chi connectivity index (χ2v) is 4.57. The monoisotopic (exact) mass is 234 g/mol. The lowest BCUT2D eigenvalue weighted by atomic mass is 10.1. The molecule has 0 spiro atoms. The van der Waals surface area contributed by atoms with Crippen molar-refractivity contribution in [2.45, 2.75) is 39.0 Å². The highest BCUT2D eigenvalue weighted by molar-refractivity contribution is 5.42. The molecule has 17 heavy (non-hydrogen) atoms. The van der Waals surface area contributed by atoms with Crippen LogP contribution >= 0.6 is 0 Å². The lowest BCUT2D eigenvalue weighted by Crippen LogP contribution is -2.30. The number of nitrogens with zero attached hydrogens (tertiary/aromatic N) is 3. The molecule has 94 valence electrons. The molecule has 0 unspecified atom stereocenters. The quantitative estimate of drug-likeness (QED) is 0.795. The van der Waals surface area contributed by atoms with Gasteiger partial charge in [0.25, 0.3) is 0 Å². The van der Waals surface area contributed by atoms with Crippen LogP contribution in [0.15, 0.2) is 12.3 Å². The summed E-state index contributed by atoms with van der Waals surface area (Å²) in [7, 11) is 0. The summed E-state index contributed by atoms with van der Waals surface area (Å²) >= 11 is 0. The molecule has 4 heteroatoms. The molecule has 1 aliphatic heterocycles. The fourth-order valence-corrected chi connectivity index (χ4v) is 2.11. The van der Waals surface area contributed by atoms with E-state index in [9.17, 15) is 0 Å². The Balaban J connectivity index is 1.95. The number of nitrogens with one attached hydrogen (secondary N) is 1. The van der Waals surface area contributed by atoms with E-state index in [2.05, 4.69) is 27.1 Å². The third-order valence-corrected chi connectivity index (χ3v) is 3.13. The lowest BCUT2D eigenvalue weighted by molar-refractivity contribution is 0.573. The molecule has 2 heterocycles. The fourth-order valence-electron chi connectivity index (χ4n) is 2.11. The van der Waals surface area contributed by atoms with E-state index in [4.69, 9.17) is 0 Å². The summed E-state index contributed by atoms with van der Waals surface area (Å²) in [5, 5.41) is 3.28. The van der Waals surface area contributed by atoms with E-state index in [-0.39, 0.29) is 0 Å². The average Bonchev–Trinajstić information content (AvgIpc) is 2.41. The maximum Gasteiger partial charge on any atom is 0.224 e. The molecular formula is C13H22N4. The number of hydrogen-bond donors (Lipinski definition) is 1. The predicted octanol–water partition coefficient (Wildman–Crippen LogP) is 2.68. The van der Waals surface area contributed by atoms with Crippen LogP contribution in [0, 0.1) is 0 Å². The van der Waals surface area contributed by atoms with Crippen molar-refractivity contribution < 1.29 is 0 Å². The molecule has 1 fully saturated rings. The van der Waals surface area contributed by atoms with Gasteiger partial charge in [-0.1, -0.05) is 13.3 Å². The Labute approximate surface area is 103 Å². The molecule has 0 atom stereocenters. The third kappa shape index (κ3) is 3.58. The van der Waals surface area contributed by atoms with Crippen LogP contribution in [-0.4, -0.2) is 29.6 Å². The summed E-state index contributed by atoms with van der Waals surface area (Å²) in [4.78, 5) is 11.2. The van der Waals surface area contributed by atoms with Crippen molar-refractivity contribution in [2.75, 3.05) is 29.9 Å². The van der Waals surface area contributed by atoms with Gasteiger partial charge in [-0.25, -0.2) is 4.98 Å². The van der Waals surface area contributed by atoms with Gasteiger partial charge in [-0.15, -0.1) is 0 Å². The summed E-state index contributed by atoms with van der Waals surface area (Å²) < 4.78 is 0. The van der Waals surface area contributed by atoms with Crippen LogP contribution in [0.1, 0.15) is 39.0 Å². The average molecular weight is 234 g/mol. The zero-order chi connectivity index (χ0) is 11.9. The van der Waals surface area contributed by atoms with Crippen LogP contribution in [0.4, 0.5) is 11.8 Å². The van der Waals surface area contributed by atoms with Crippen molar-refractivity contribution in [1.29, 1.82) is 0 Å². The van der Waals surface area contributed by atoms with Crippen LogP contribution < -0.4 is 10.2 Å². The molecule has 2 rings (SSSR count). The molecular weight excluding hydrogens is 212 g/mol. The van der Waals surface area contributed by atoms with Gasteiger partial charge in [-0.3, -0.25) is 0 Å². The molecule has 0 amide bonds. The van der Waals surface area contributed by atoms with E-state index < -0.39 is 0 Å². The Hall–Kier alpha value is -1.32. The van der Waals surface area contributed by atoms with E-state index in [1.54, 1.807) is 0 Å². The minimum Gasteiger partial charge on any atom is -0.356 e. The first-order valence-corrected chi connectivity index (χ1v) is 6.72. The Morgan fingerprint density at radius 1 is 1.29 bits per heavy atom. The molecule has 4 nitrogen and oxygen atoms in total. The number of piperidine rings is 1. The zero-order valence-electron chi connectivity index (χ0n) is 10.7. The van der Waals surface area contributed by atoms with E-state index in [0.29, 0.717) is 0 Å². The van der Waals surface area contributed by atoms with Crippen LogP contribution in [0.25, 0.3) is 0 Å². The third-order valence-electron chi connectivity index (χ3n) is 3.13. The maximum absolute atomic E-state index is 4.57. The molecule has 0 saturated carbocycles. The Morgan fingerprint density at radius 2 is 2.12 bits per heavy atom. The highest BCUT2D eigenvalue weighted by Gasteiger charge is 2.12. The number of aromatic nitrogens is 2. The van der Waals surface area contributed by atoms with Crippen molar-refractivity contribution in [3.05, 3.63) is 12.3 Å². The van der Waals surface area contributed by atoms with Crippen molar-refractivity contribution in [3.8, 4) is 0 Å². The van der Waals surface area contributed by atoms with E-state index >= 15 is 0 Å². The topological polar surface area (TPSA) is 41.1 Å². The summed E-state index contributed by atoms with van der Waals surface area (Å²) in [5.74, 6) is 1.83. The zero-order valence-corrected chi connectivity index (χ0v) is 10.7. The Kier molecular flexibility index (Phi) is 4.59. The number of rotatable bonds is 5. The van der Waals surface area contributed by atoms with Crippen LogP contribution in [0.5, 0.6) is 0 Å². The predicted molar refractivity (Wildman–Crippen MR) is 71.5 cm³/mol. The van der Waals surface area contributed by atoms with Crippen molar-refractivity contribution >= 4 is 11.8 Å². The summed E-state index contributed by atoms with van der Waals surface area (Å²) in [6.45, 7) is 5.41. The number of hydrogen-bond acceptors (Lipinski definition) is 4. The Bertz CT molecular complexity index is 334. The molecule has 0 radical (unpaired) electrons. The first-order chi connectivity index (χ1) is 8.40. The number of anilines is 2. The van der Waals surface area contributed by atoms with Crippen LogP contribution in [-0.2, 0) is 0 Å². The van der Waals surface area contributed by atoms with Gasteiger partial charge in [0, 0.05) is 25.8 Å². The largest absolute Gasteiger partial charge is 0.356 e. The standard InChI is InChI=1S/C13H22N4/c1-2-3-8-14-13-15-9-7-12(16-13)17-10-5-4-6-11-17/h7,9H,2-6,8,10-11H2,1H3,(H,14,15,16). The lowest BCUT2D eigenvalue weighted by Gasteiger charge is -2.27. The SMILES string of the molecule is CCCCNc1nccc(N2CCCCC2)n1. The highest BCUT2D eigenvalue weighted by Crippen LogP contribution is 2.17. The minimum absolute atomic E-state index is 0.765. The molecule has 0 aliphatic carbocycles. The second kappa shape index (κ2) is 6.42. The van der Waals surface area contributed by atoms with E-state index in [1.807, 2.05) is 12.3 Å². The second-order valence-electron chi connectivity index (χ2n) is 4.57. The smallest absolute Gasteiger partial charge is 0.224 e. The highest BCUT2D eigenvalue weighted by atomic mass is 15.2. The molecule has 1 N–H and O–H groups in total. The van der Waals surface area contributed by atoms with Crippen LogP contribution in [0.2, 0.25) is 0 Å². The van der Waals surface area contributed by atoms with Crippen molar-refractivity contribution in [1.82, 2.24) is 9.97 Å².